The van der Waals surface area contributed by atoms with Gasteiger partial charge in [0.2, 0.25) is 5.82 Å². The molecule has 2 aromatic rings. The fourth-order valence-electron chi connectivity index (χ4n) is 0.916. The van der Waals surface area contributed by atoms with E-state index in [0.717, 1.165) is 0 Å². The largest absolute Gasteiger partial charge is 0.275 e. The lowest BCUT2D eigenvalue weighted by molar-refractivity contribution is 0.758. The molecular formula is C7H8N6. The smallest absolute Gasteiger partial charge is 0.223 e. The van der Waals surface area contributed by atoms with Crippen LogP contribution in [0.4, 0.5) is 0 Å². The molecular weight excluding hydrogens is 168 g/mol. The molecule has 2 rings (SSSR count). The van der Waals surface area contributed by atoms with Gasteiger partial charge < -0.3 is 0 Å². The fraction of sp³-hybridized carbons (Fsp3) is 0.286. The van der Waals surface area contributed by atoms with Crippen LogP contribution in [0.2, 0.25) is 0 Å². The Labute approximate surface area is 74.6 Å². The van der Waals surface area contributed by atoms with Crippen molar-refractivity contribution in [1.82, 2.24) is 30.2 Å². The third kappa shape index (κ3) is 1.51. The zero-order chi connectivity index (χ0) is 9.26. The molecule has 0 atom stereocenters. The normalized spacial score (nSPS) is 10.3. The maximum absolute atomic E-state index is 4.12. The monoisotopic (exact) mass is 176 g/mol. The molecule has 0 N–H and O–H groups in total. The van der Waals surface area contributed by atoms with E-state index in [-0.39, 0.29) is 0 Å². The molecule has 66 valence electrons. The summed E-state index contributed by atoms with van der Waals surface area (Å²) in [6.45, 7) is 1.74. The van der Waals surface area contributed by atoms with E-state index in [4.69, 9.17) is 0 Å². The van der Waals surface area contributed by atoms with Crippen LogP contribution in [0.5, 0.6) is 0 Å². The van der Waals surface area contributed by atoms with Gasteiger partial charge in [-0.2, -0.15) is 5.10 Å². The molecule has 0 unspecified atom stereocenters. The van der Waals surface area contributed by atoms with E-state index in [0.29, 0.717) is 17.3 Å². The summed E-state index contributed by atoms with van der Waals surface area (Å²) in [4.78, 5) is 0. The minimum atomic E-state index is 0.450. The lowest BCUT2D eigenvalue weighted by Crippen LogP contribution is -1.99. The number of aryl methyl sites for hydroxylation is 2. The zero-order valence-corrected chi connectivity index (χ0v) is 7.34. The highest BCUT2D eigenvalue weighted by Crippen LogP contribution is 2.07. The molecule has 13 heavy (non-hydrogen) atoms. The minimum absolute atomic E-state index is 0.450. The number of nitrogens with zero attached hydrogens (tertiary/aromatic N) is 6. The van der Waals surface area contributed by atoms with Gasteiger partial charge in [-0.05, 0) is 13.0 Å². The van der Waals surface area contributed by atoms with E-state index < -0.39 is 0 Å². The van der Waals surface area contributed by atoms with E-state index in [9.17, 15) is 0 Å². The summed E-state index contributed by atoms with van der Waals surface area (Å²) in [5, 5.41) is 19.4. The summed E-state index contributed by atoms with van der Waals surface area (Å²) in [5.74, 6) is 1.01. The Balaban J connectivity index is 2.41. The average molecular weight is 176 g/mol. The van der Waals surface area contributed by atoms with Crippen LogP contribution in [-0.2, 0) is 7.05 Å². The second kappa shape index (κ2) is 2.89. The van der Waals surface area contributed by atoms with Crippen LogP contribution in [0.15, 0.2) is 12.3 Å². The SMILES string of the molecule is Cc1nnc(-c2ccn(C)n2)nn1. The highest BCUT2D eigenvalue weighted by molar-refractivity contribution is 5.45. The highest BCUT2D eigenvalue weighted by Gasteiger charge is 2.04. The summed E-state index contributed by atoms with van der Waals surface area (Å²) in [6, 6.07) is 1.81. The zero-order valence-electron chi connectivity index (χ0n) is 7.34. The van der Waals surface area contributed by atoms with Crippen molar-refractivity contribution in [2.75, 3.05) is 0 Å². The molecule has 0 amide bonds. The molecule has 0 radical (unpaired) electrons. The molecule has 6 nitrogen and oxygen atoms in total. The predicted molar refractivity (Wildman–Crippen MR) is 44.6 cm³/mol. The summed E-state index contributed by atoms with van der Waals surface area (Å²) >= 11 is 0. The molecule has 0 aromatic carbocycles. The summed E-state index contributed by atoms with van der Waals surface area (Å²) in [6.07, 6.45) is 1.82. The van der Waals surface area contributed by atoms with Gasteiger partial charge in [0.05, 0.1) is 0 Å². The van der Waals surface area contributed by atoms with Gasteiger partial charge in [-0.3, -0.25) is 4.68 Å². The van der Waals surface area contributed by atoms with E-state index in [2.05, 4.69) is 25.5 Å². The molecule has 0 bridgehead atoms. The Morgan fingerprint density at radius 2 is 1.85 bits per heavy atom. The van der Waals surface area contributed by atoms with E-state index in [1.165, 1.54) is 0 Å². The van der Waals surface area contributed by atoms with Crippen molar-refractivity contribution in [1.29, 1.82) is 0 Å². The molecule has 0 saturated carbocycles. The minimum Gasteiger partial charge on any atom is -0.275 e. The van der Waals surface area contributed by atoms with Gasteiger partial charge >= 0.3 is 0 Å². The molecule has 0 aliphatic rings. The van der Waals surface area contributed by atoms with Crippen LogP contribution >= 0.6 is 0 Å². The second-order valence-corrected chi connectivity index (χ2v) is 2.65. The Kier molecular flexibility index (Phi) is 1.73. The van der Waals surface area contributed by atoms with Crippen molar-refractivity contribution in [2.45, 2.75) is 6.92 Å². The first-order valence-electron chi connectivity index (χ1n) is 3.80. The van der Waals surface area contributed by atoms with Crippen molar-refractivity contribution in [3.63, 3.8) is 0 Å². The molecule has 0 aliphatic heterocycles. The lowest BCUT2D eigenvalue weighted by Gasteiger charge is -1.91. The first-order chi connectivity index (χ1) is 6.25. The fourth-order valence-corrected chi connectivity index (χ4v) is 0.916. The second-order valence-electron chi connectivity index (χ2n) is 2.65. The number of rotatable bonds is 1. The van der Waals surface area contributed by atoms with Crippen LogP contribution in [0.1, 0.15) is 5.82 Å². The highest BCUT2D eigenvalue weighted by atomic mass is 15.3. The summed E-state index contributed by atoms with van der Waals surface area (Å²) in [5.41, 5.74) is 0.683. The molecule has 0 fully saturated rings. The third-order valence-corrected chi connectivity index (χ3v) is 1.52. The molecule has 2 heterocycles. The van der Waals surface area contributed by atoms with Crippen molar-refractivity contribution >= 4 is 0 Å². The molecule has 6 heteroatoms. The van der Waals surface area contributed by atoms with E-state index in [1.807, 2.05) is 19.3 Å². The quantitative estimate of drug-likeness (QED) is 0.610. The van der Waals surface area contributed by atoms with Crippen molar-refractivity contribution in [3.05, 3.63) is 18.1 Å². The Morgan fingerprint density at radius 3 is 2.38 bits per heavy atom. The molecule has 0 saturated heterocycles. The average Bonchev–Trinajstić information content (AvgIpc) is 2.53. The summed E-state index contributed by atoms with van der Waals surface area (Å²) < 4.78 is 1.68. The van der Waals surface area contributed by atoms with Crippen LogP contribution < -0.4 is 0 Å². The Morgan fingerprint density at radius 1 is 1.15 bits per heavy atom. The summed E-state index contributed by atoms with van der Waals surface area (Å²) in [7, 11) is 1.83. The first-order valence-corrected chi connectivity index (χ1v) is 3.80. The van der Waals surface area contributed by atoms with Crippen LogP contribution in [0, 0.1) is 6.92 Å². The van der Waals surface area contributed by atoms with Crippen molar-refractivity contribution in [3.8, 4) is 11.5 Å². The van der Waals surface area contributed by atoms with Gasteiger partial charge in [0.25, 0.3) is 0 Å². The van der Waals surface area contributed by atoms with Gasteiger partial charge in [0.15, 0.2) is 5.82 Å². The van der Waals surface area contributed by atoms with Gasteiger partial charge in [-0.25, -0.2) is 0 Å². The van der Waals surface area contributed by atoms with Gasteiger partial charge in [0, 0.05) is 13.2 Å². The maximum Gasteiger partial charge on any atom is 0.223 e. The Hall–Kier alpha value is -1.85. The standard InChI is InChI=1S/C7H8N6/c1-5-8-10-7(11-9-5)6-3-4-13(2)12-6/h3-4H,1-2H3. The predicted octanol–water partition coefficient (Wildman–Crippen LogP) is -0.0245. The Bertz CT molecular complexity index is 403. The van der Waals surface area contributed by atoms with Crippen LogP contribution in [0.25, 0.3) is 11.5 Å². The third-order valence-electron chi connectivity index (χ3n) is 1.52. The topological polar surface area (TPSA) is 69.4 Å². The van der Waals surface area contributed by atoms with Crippen molar-refractivity contribution < 1.29 is 0 Å². The van der Waals surface area contributed by atoms with Gasteiger partial charge in [-0.1, -0.05) is 0 Å². The molecule has 0 aliphatic carbocycles. The van der Waals surface area contributed by atoms with Crippen LogP contribution in [-0.4, -0.2) is 30.2 Å². The van der Waals surface area contributed by atoms with Gasteiger partial charge in [-0.15, -0.1) is 20.4 Å². The number of hydrogen-bond acceptors (Lipinski definition) is 5. The lowest BCUT2D eigenvalue weighted by atomic mass is 10.4. The molecule has 0 spiro atoms. The van der Waals surface area contributed by atoms with E-state index in [1.54, 1.807) is 11.6 Å². The first kappa shape index (κ1) is 7.78. The van der Waals surface area contributed by atoms with Crippen LogP contribution in [0.3, 0.4) is 0 Å². The van der Waals surface area contributed by atoms with Crippen molar-refractivity contribution in [2.24, 2.45) is 7.05 Å². The van der Waals surface area contributed by atoms with Gasteiger partial charge in [0.1, 0.15) is 5.69 Å². The number of aromatic nitrogens is 6. The maximum atomic E-state index is 4.12. The molecule has 2 aromatic heterocycles. The van der Waals surface area contributed by atoms with E-state index >= 15 is 0 Å². The number of hydrogen-bond donors (Lipinski definition) is 0.